The van der Waals surface area contributed by atoms with Crippen molar-refractivity contribution in [3.63, 3.8) is 0 Å². The number of rotatable bonds is 3. The first kappa shape index (κ1) is 14.5. The minimum atomic E-state index is -0.907. The molecule has 0 bridgehead atoms. The van der Waals surface area contributed by atoms with Crippen LogP contribution in [0, 0.1) is 0 Å². The summed E-state index contributed by atoms with van der Waals surface area (Å²) in [6.07, 6.45) is 0.769. The number of fused-ring (bicyclic) bond motifs is 1. The van der Waals surface area contributed by atoms with E-state index in [1.165, 1.54) is 4.90 Å². The Balaban J connectivity index is 2.36. The molecule has 0 saturated heterocycles. The molecule has 0 aromatic heterocycles. The minimum Gasteiger partial charge on any atom is -0.480 e. The molecule has 2 unspecified atom stereocenters. The third-order valence-corrected chi connectivity index (χ3v) is 3.85. The minimum absolute atomic E-state index is 0.0735. The van der Waals surface area contributed by atoms with Crippen LogP contribution in [0.5, 0.6) is 0 Å². The van der Waals surface area contributed by atoms with Crippen molar-refractivity contribution in [1.82, 2.24) is 9.80 Å². The van der Waals surface area contributed by atoms with E-state index in [4.69, 9.17) is 0 Å². The molecule has 1 amide bonds. The Hall–Kier alpha value is -1.88. The zero-order valence-corrected chi connectivity index (χ0v) is 12.0. The summed E-state index contributed by atoms with van der Waals surface area (Å²) in [5.41, 5.74) is 1.85. The molecule has 5 heteroatoms. The van der Waals surface area contributed by atoms with Crippen LogP contribution in [0.2, 0.25) is 0 Å². The van der Waals surface area contributed by atoms with Gasteiger partial charge in [-0.3, -0.25) is 14.5 Å². The summed E-state index contributed by atoms with van der Waals surface area (Å²) in [7, 11) is 3.37. The Labute approximate surface area is 118 Å². The van der Waals surface area contributed by atoms with E-state index < -0.39 is 18.1 Å². The molecule has 2 rings (SSSR count). The summed E-state index contributed by atoms with van der Waals surface area (Å²) < 4.78 is 0. The van der Waals surface area contributed by atoms with Gasteiger partial charge in [0.15, 0.2) is 0 Å². The van der Waals surface area contributed by atoms with Crippen LogP contribution in [0.3, 0.4) is 0 Å². The van der Waals surface area contributed by atoms with Crippen molar-refractivity contribution < 1.29 is 14.7 Å². The lowest BCUT2D eigenvalue weighted by Crippen LogP contribution is -2.50. The zero-order valence-electron chi connectivity index (χ0n) is 12.0. The highest BCUT2D eigenvalue weighted by Crippen LogP contribution is 2.31. The van der Waals surface area contributed by atoms with Crippen LogP contribution in [0.25, 0.3) is 0 Å². The first-order chi connectivity index (χ1) is 9.43. The molecule has 1 aromatic carbocycles. The quantitative estimate of drug-likeness (QED) is 0.899. The Morgan fingerprint density at radius 3 is 2.60 bits per heavy atom. The van der Waals surface area contributed by atoms with Gasteiger partial charge in [-0.15, -0.1) is 0 Å². The van der Waals surface area contributed by atoms with Crippen LogP contribution < -0.4 is 0 Å². The molecule has 0 spiro atoms. The lowest BCUT2D eigenvalue weighted by atomic mass is 9.91. The van der Waals surface area contributed by atoms with Gasteiger partial charge in [0.2, 0.25) is 5.91 Å². The number of aliphatic carboxylic acids is 1. The number of amides is 1. The average Bonchev–Trinajstić information content (AvgIpc) is 2.44. The van der Waals surface area contributed by atoms with E-state index in [1.807, 2.05) is 24.3 Å². The average molecular weight is 276 g/mol. The fourth-order valence-electron chi connectivity index (χ4n) is 2.79. The van der Waals surface area contributed by atoms with Crippen LogP contribution >= 0.6 is 0 Å². The van der Waals surface area contributed by atoms with Gasteiger partial charge in [-0.05, 0) is 24.5 Å². The van der Waals surface area contributed by atoms with Crippen molar-refractivity contribution in [2.45, 2.75) is 25.4 Å². The molecule has 0 saturated carbocycles. The van der Waals surface area contributed by atoms with Crippen molar-refractivity contribution in [3.05, 3.63) is 35.4 Å². The zero-order chi connectivity index (χ0) is 14.9. The molecule has 1 heterocycles. The number of carboxylic acids is 1. The van der Waals surface area contributed by atoms with E-state index in [-0.39, 0.29) is 5.91 Å². The third kappa shape index (κ3) is 2.54. The maximum atomic E-state index is 12.1. The third-order valence-electron chi connectivity index (χ3n) is 3.85. The molecular weight excluding hydrogens is 256 g/mol. The van der Waals surface area contributed by atoms with Gasteiger partial charge < -0.3 is 10.0 Å². The maximum Gasteiger partial charge on any atom is 0.325 e. The van der Waals surface area contributed by atoms with Crippen molar-refractivity contribution in [2.24, 2.45) is 0 Å². The van der Waals surface area contributed by atoms with E-state index in [0.717, 1.165) is 17.5 Å². The number of carbonyl (C=O) groups is 2. The molecule has 0 radical (unpaired) electrons. The molecule has 0 aliphatic carbocycles. The largest absolute Gasteiger partial charge is 0.480 e. The standard InChI is InChI=1S/C15H20N2O3/c1-10(14(18)16(2)3)17-9-8-11-6-4-5-7-12(11)13(17)15(19)20/h4-7,10,13H,8-9H2,1-3H3,(H,19,20). The maximum absolute atomic E-state index is 12.1. The number of nitrogens with zero attached hydrogens (tertiary/aromatic N) is 2. The number of benzene rings is 1. The van der Waals surface area contributed by atoms with Gasteiger partial charge in [-0.25, -0.2) is 0 Å². The van der Waals surface area contributed by atoms with Gasteiger partial charge in [-0.1, -0.05) is 24.3 Å². The topological polar surface area (TPSA) is 60.9 Å². The Morgan fingerprint density at radius 2 is 2.00 bits per heavy atom. The highest BCUT2D eigenvalue weighted by Gasteiger charge is 2.37. The second kappa shape index (κ2) is 5.63. The summed E-state index contributed by atoms with van der Waals surface area (Å²) in [6.45, 7) is 2.35. The summed E-state index contributed by atoms with van der Waals surface area (Å²) in [5, 5.41) is 9.56. The van der Waals surface area contributed by atoms with Crippen LogP contribution in [-0.4, -0.2) is 53.5 Å². The summed E-state index contributed by atoms with van der Waals surface area (Å²) >= 11 is 0. The van der Waals surface area contributed by atoms with Gasteiger partial charge in [-0.2, -0.15) is 0 Å². The molecule has 1 N–H and O–H groups in total. The summed E-state index contributed by atoms with van der Waals surface area (Å²) in [4.78, 5) is 27.0. The van der Waals surface area contributed by atoms with Gasteiger partial charge in [0.1, 0.15) is 6.04 Å². The molecule has 5 nitrogen and oxygen atoms in total. The van der Waals surface area contributed by atoms with Gasteiger partial charge >= 0.3 is 5.97 Å². The normalized spacial score (nSPS) is 20.1. The first-order valence-electron chi connectivity index (χ1n) is 6.71. The van der Waals surface area contributed by atoms with Crippen molar-refractivity contribution in [2.75, 3.05) is 20.6 Å². The number of carboxylic acid groups (broad SMARTS) is 1. The van der Waals surface area contributed by atoms with Crippen LogP contribution in [0.1, 0.15) is 24.1 Å². The Morgan fingerprint density at radius 1 is 1.35 bits per heavy atom. The van der Waals surface area contributed by atoms with Crippen molar-refractivity contribution in [3.8, 4) is 0 Å². The molecule has 1 aromatic rings. The number of hydrogen-bond donors (Lipinski definition) is 1. The van der Waals surface area contributed by atoms with Crippen LogP contribution in [-0.2, 0) is 16.0 Å². The summed E-state index contributed by atoms with van der Waals surface area (Å²) in [6, 6.07) is 6.37. The molecule has 2 atom stereocenters. The van der Waals surface area contributed by atoms with Crippen molar-refractivity contribution >= 4 is 11.9 Å². The van der Waals surface area contributed by atoms with E-state index in [0.29, 0.717) is 6.54 Å². The molecule has 0 fully saturated rings. The molecule has 1 aliphatic rings. The Bertz CT molecular complexity index is 528. The Kier molecular flexibility index (Phi) is 4.09. The van der Waals surface area contributed by atoms with Gasteiger partial charge in [0.25, 0.3) is 0 Å². The smallest absolute Gasteiger partial charge is 0.325 e. The first-order valence-corrected chi connectivity index (χ1v) is 6.71. The molecule has 108 valence electrons. The second-order valence-corrected chi connectivity index (χ2v) is 5.34. The van der Waals surface area contributed by atoms with Crippen molar-refractivity contribution in [1.29, 1.82) is 0 Å². The number of carbonyl (C=O) groups excluding carboxylic acids is 1. The van der Waals surface area contributed by atoms with E-state index in [9.17, 15) is 14.7 Å². The SMILES string of the molecule is CC(C(=O)N(C)C)N1CCc2ccccc2C1C(=O)O. The van der Waals surface area contributed by atoms with E-state index >= 15 is 0 Å². The lowest BCUT2D eigenvalue weighted by Gasteiger charge is -2.38. The van der Waals surface area contributed by atoms with Gasteiger partial charge in [0.05, 0.1) is 6.04 Å². The molecule has 1 aliphatic heterocycles. The molecular formula is C15H20N2O3. The molecule has 20 heavy (non-hydrogen) atoms. The predicted octanol–water partition coefficient (Wildman–Crippen LogP) is 1.15. The van der Waals surface area contributed by atoms with E-state index in [2.05, 4.69) is 0 Å². The fraction of sp³-hybridized carbons (Fsp3) is 0.467. The fourth-order valence-corrected chi connectivity index (χ4v) is 2.79. The highest BCUT2D eigenvalue weighted by molar-refractivity contribution is 5.83. The summed E-state index contributed by atoms with van der Waals surface area (Å²) in [5.74, 6) is -0.980. The highest BCUT2D eigenvalue weighted by atomic mass is 16.4. The predicted molar refractivity (Wildman–Crippen MR) is 75.4 cm³/mol. The van der Waals surface area contributed by atoms with Crippen LogP contribution in [0.15, 0.2) is 24.3 Å². The number of hydrogen-bond acceptors (Lipinski definition) is 3. The number of likely N-dealkylation sites (N-methyl/N-ethyl adjacent to an activating group) is 1. The monoisotopic (exact) mass is 276 g/mol. The van der Waals surface area contributed by atoms with E-state index in [1.54, 1.807) is 25.9 Å². The second-order valence-electron chi connectivity index (χ2n) is 5.34. The lowest BCUT2D eigenvalue weighted by molar-refractivity contribution is -0.147. The van der Waals surface area contributed by atoms with Gasteiger partial charge in [0, 0.05) is 20.6 Å². The van der Waals surface area contributed by atoms with Crippen LogP contribution in [0.4, 0.5) is 0 Å².